The molecule has 0 aromatic heterocycles. The van der Waals surface area contributed by atoms with Gasteiger partial charge in [0.05, 0.1) is 0 Å². The second-order valence-electron chi connectivity index (χ2n) is 7.34. The summed E-state index contributed by atoms with van der Waals surface area (Å²) in [6.07, 6.45) is 0. The monoisotopic (exact) mass is 377 g/mol. The number of nitrogens with two attached hydrogens (primary N) is 1. The normalized spacial score (nSPS) is 23.3. The molecule has 0 bridgehead atoms. The molecule has 2 aromatic carbocycles. The highest BCUT2D eigenvalue weighted by atomic mass is 19.3. The summed E-state index contributed by atoms with van der Waals surface area (Å²) in [6, 6.07) is 11.1. The lowest BCUT2D eigenvalue weighted by atomic mass is 9.77. The van der Waals surface area contributed by atoms with E-state index >= 15 is 8.78 Å². The van der Waals surface area contributed by atoms with Crippen molar-refractivity contribution in [3.8, 4) is 0 Å². The van der Waals surface area contributed by atoms with Crippen molar-refractivity contribution < 1.29 is 17.9 Å². The fraction of sp³-hybridized carbons (Fsp3) is 0.350. The minimum Gasteiger partial charge on any atom is -0.453 e. The van der Waals surface area contributed by atoms with Gasteiger partial charge in [-0.3, -0.25) is 0 Å². The molecular formula is C20H22F3N3O. The Kier molecular flexibility index (Phi) is 4.37. The Labute approximate surface area is 156 Å². The molecule has 0 fully saturated rings. The predicted octanol–water partition coefficient (Wildman–Crippen LogP) is 4.85. The van der Waals surface area contributed by atoms with Crippen molar-refractivity contribution in [2.45, 2.75) is 44.8 Å². The molecule has 0 spiro atoms. The zero-order valence-electron chi connectivity index (χ0n) is 15.6. The number of aryl methyl sites for hydroxylation is 1. The van der Waals surface area contributed by atoms with Gasteiger partial charge in [0.15, 0.2) is 11.1 Å². The number of amidine groups is 1. The number of anilines is 2. The molecule has 1 aliphatic rings. The van der Waals surface area contributed by atoms with E-state index in [1.165, 1.54) is 32.9 Å². The van der Waals surface area contributed by atoms with Crippen LogP contribution in [-0.2, 0) is 10.3 Å². The third-order valence-corrected chi connectivity index (χ3v) is 4.98. The molecule has 3 rings (SSSR count). The summed E-state index contributed by atoms with van der Waals surface area (Å²) >= 11 is 0. The van der Waals surface area contributed by atoms with Crippen LogP contribution in [0.5, 0.6) is 0 Å². The number of ether oxygens (including phenoxy) is 1. The Morgan fingerprint density at radius 1 is 1.07 bits per heavy atom. The minimum absolute atomic E-state index is 0.259. The molecule has 144 valence electrons. The standard InChI is InChI=1S/C20H22F3N3O/c1-12-7-5-6-8-16(12)25-13-9-10-15(21)14(11-13)19(4)20(22,23)18(2,3)27-17(24)26-19/h5-11,25H,1-4H3,(H2,24,26). The molecule has 0 radical (unpaired) electrons. The lowest BCUT2D eigenvalue weighted by molar-refractivity contribution is -0.207. The number of nitrogens with zero attached hydrogens (tertiary/aromatic N) is 1. The van der Waals surface area contributed by atoms with E-state index in [2.05, 4.69) is 10.3 Å². The predicted molar refractivity (Wildman–Crippen MR) is 99.9 cm³/mol. The number of hydrogen-bond donors (Lipinski definition) is 2. The smallest absolute Gasteiger partial charge is 0.315 e. The fourth-order valence-electron chi connectivity index (χ4n) is 3.30. The number of nitrogens with one attached hydrogen (secondary N) is 1. The van der Waals surface area contributed by atoms with Gasteiger partial charge < -0.3 is 15.8 Å². The summed E-state index contributed by atoms with van der Waals surface area (Å²) in [5.74, 6) is -4.30. The van der Waals surface area contributed by atoms with Crippen molar-refractivity contribution in [3.05, 3.63) is 59.4 Å². The average Bonchev–Trinajstić information content (AvgIpc) is 2.56. The highest BCUT2D eigenvalue weighted by Crippen LogP contribution is 2.52. The Balaban J connectivity index is 2.11. The van der Waals surface area contributed by atoms with Crippen LogP contribution in [0.2, 0.25) is 0 Å². The maximum absolute atomic E-state index is 15.2. The van der Waals surface area contributed by atoms with Gasteiger partial charge in [-0.2, -0.15) is 8.78 Å². The van der Waals surface area contributed by atoms with Crippen LogP contribution in [0.3, 0.4) is 0 Å². The zero-order valence-corrected chi connectivity index (χ0v) is 15.6. The van der Waals surface area contributed by atoms with Crippen LogP contribution in [0, 0.1) is 12.7 Å². The lowest BCUT2D eigenvalue weighted by Gasteiger charge is -2.46. The molecule has 1 unspecified atom stereocenters. The topological polar surface area (TPSA) is 59.6 Å². The van der Waals surface area contributed by atoms with E-state index in [4.69, 9.17) is 10.5 Å². The molecule has 7 heteroatoms. The van der Waals surface area contributed by atoms with Crippen LogP contribution in [0.25, 0.3) is 0 Å². The van der Waals surface area contributed by atoms with Gasteiger partial charge in [0.2, 0.25) is 0 Å². The second-order valence-corrected chi connectivity index (χ2v) is 7.34. The Bertz CT molecular complexity index is 911. The number of halogens is 3. The van der Waals surface area contributed by atoms with Gasteiger partial charge >= 0.3 is 5.92 Å². The van der Waals surface area contributed by atoms with Crippen molar-refractivity contribution >= 4 is 17.4 Å². The maximum Gasteiger partial charge on any atom is 0.315 e. The third-order valence-electron chi connectivity index (χ3n) is 4.98. The second kappa shape index (κ2) is 6.18. The minimum atomic E-state index is -3.51. The molecule has 2 aromatic rings. The first-order valence-electron chi connectivity index (χ1n) is 8.53. The summed E-state index contributed by atoms with van der Waals surface area (Å²) < 4.78 is 50.1. The summed E-state index contributed by atoms with van der Waals surface area (Å²) in [6.45, 7) is 5.49. The van der Waals surface area contributed by atoms with E-state index in [0.29, 0.717) is 5.69 Å². The molecule has 27 heavy (non-hydrogen) atoms. The molecule has 0 amide bonds. The number of para-hydroxylation sites is 1. The number of alkyl halides is 2. The number of rotatable bonds is 3. The molecule has 1 heterocycles. The molecule has 4 nitrogen and oxygen atoms in total. The lowest BCUT2D eigenvalue weighted by Crippen LogP contribution is -2.62. The highest BCUT2D eigenvalue weighted by Gasteiger charge is 2.66. The van der Waals surface area contributed by atoms with Crippen molar-refractivity contribution in [1.82, 2.24) is 0 Å². The molecule has 0 saturated carbocycles. The largest absolute Gasteiger partial charge is 0.453 e. The first kappa shape index (κ1) is 19.1. The van der Waals surface area contributed by atoms with Crippen LogP contribution >= 0.6 is 0 Å². The van der Waals surface area contributed by atoms with Gasteiger partial charge in [0.25, 0.3) is 6.02 Å². The van der Waals surface area contributed by atoms with Crippen LogP contribution in [0.1, 0.15) is 31.9 Å². The quantitative estimate of drug-likeness (QED) is 0.804. The third kappa shape index (κ3) is 3.01. The molecule has 1 atom stereocenters. The summed E-state index contributed by atoms with van der Waals surface area (Å²) in [5, 5.41) is 3.13. The van der Waals surface area contributed by atoms with Gasteiger partial charge in [-0.1, -0.05) is 18.2 Å². The average molecular weight is 377 g/mol. The van der Waals surface area contributed by atoms with E-state index < -0.39 is 28.9 Å². The van der Waals surface area contributed by atoms with Gasteiger partial charge in [0, 0.05) is 16.9 Å². The molecule has 0 aliphatic carbocycles. The molecule has 1 aliphatic heterocycles. The maximum atomic E-state index is 15.2. The molecular weight excluding hydrogens is 355 g/mol. The van der Waals surface area contributed by atoms with Gasteiger partial charge in [0.1, 0.15) is 5.82 Å². The zero-order chi connectivity index (χ0) is 20.0. The molecule has 0 saturated heterocycles. The van der Waals surface area contributed by atoms with Gasteiger partial charge in [-0.25, -0.2) is 9.38 Å². The van der Waals surface area contributed by atoms with Crippen molar-refractivity contribution in [3.63, 3.8) is 0 Å². The summed E-state index contributed by atoms with van der Waals surface area (Å²) in [7, 11) is 0. The van der Waals surface area contributed by atoms with Crippen LogP contribution in [-0.4, -0.2) is 17.5 Å². The van der Waals surface area contributed by atoms with E-state index in [0.717, 1.165) is 17.3 Å². The molecule has 3 N–H and O–H groups in total. The summed E-state index contributed by atoms with van der Waals surface area (Å²) in [5.41, 5.74) is 3.44. The Hall–Kier alpha value is -2.70. The fourth-order valence-corrected chi connectivity index (χ4v) is 3.30. The number of hydrogen-bond acceptors (Lipinski definition) is 4. The first-order valence-corrected chi connectivity index (χ1v) is 8.53. The number of benzene rings is 2. The first-order chi connectivity index (χ1) is 12.5. The van der Waals surface area contributed by atoms with Gasteiger partial charge in [-0.15, -0.1) is 0 Å². The van der Waals surface area contributed by atoms with E-state index in [9.17, 15) is 4.39 Å². The summed E-state index contributed by atoms with van der Waals surface area (Å²) in [4.78, 5) is 3.81. The van der Waals surface area contributed by atoms with Crippen LogP contribution in [0.15, 0.2) is 47.5 Å². The van der Waals surface area contributed by atoms with Crippen molar-refractivity contribution in [1.29, 1.82) is 0 Å². The number of aliphatic imine (C=N–C) groups is 1. The van der Waals surface area contributed by atoms with Gasteiger partial charge in [-0.05, 0) is 57.5 Å². The van der Waals surface area contributed by atoms with Crippen LogP contribution in [0.4, 0.5) is 24.5 Å². The van der Waals surface area contributed by atoms with Crippen molar-refractivity contribution in [2.24, 2.45) is 10.7 Å². The Morgan fingerprint density at radius 2 is 1.74 bits per heavy atom. The highest BCUT2D eigenvalue weighted by molar-refractivity contribution is 5.74. The van der Waals surface area contributed by atoms with Crippen LogP contribution < -0.4 is 11.1 Å². The van der Waals surface area contributed by atoms with E-state index in [1.807, 2.05) is 31.2 Å². The van der Waals surface area contributed by atoms with E-state index in [1.54, 1.807) is 0 Å². The van der Waals surface area contributed by atoms with Crippen molar-refractivity contribution in [2.75, 3.05) is 5.32 Å². The SMILES string of the molecule is Cc1ccccc1Nc1ccc(F)c(C2(C)N=C(N)OC(C)(C)C2(F)F)c1. The van der Waals surface area contributed by atoms with E-state index in [-0.39, 0.29) is 5.56 Å². The Morgan fingerprint density at radius 3 is 2.41 bits per heavy atom.